The Morgan fingerprint density at radius 1 is 1.32 bits per heavy atom. The van der Waals surface area contributed by atoms with Crippen molar-refractivity contribution in [2.45, 2.75) is 31.7 Å². The van der Waals surface area contributed by atoms with Crippen LogP contribution in [0.2, 0.25) is 0 Å². The third kappa shape index (κ3) is 2.15. The van der Waals surface area contributed by atoms with Gasteiger partial charge in [0.1, 0.15) is 6.61 Å². The molecule has 3 rings (SSSR count). The van der Waals surface area contributed by atoms with Crippen LogP contribution < -0.4 is 0 Å². The Morgan fingerprint density at radius 2 is 2.11 bits per heavy atom. The number of carbonyl (C=O) groups is 1. The standard InChI is InChI=1S/C14H15N3O2/c1-15-13-8-7-12-9-16(13)14(18)17(12)19-10-11-5-3-2-4-6-11/h2-6,12-13H,7-10H2/t12-,13+/m1/s1. The van der Waals surface area contributed by atoms with Crippen LogP contribution in [0.15, 0.2) is 30.3 Å². The zero-order chi connectivity index (χ0) is 13.2. The van der Waals surface area contributed by atoms with E-state index in [0.717, 1.165) is 18.4 Å². The highest BCUT2D eigenvalue weighted by Gasteiger charge is 2.48. The molecule has 0 unspecified atom stereocenters. The summed E-state index contributed by atoms with van der Waals surface area (Å²) in [6.07, 6.45) is 1.27. The summed E-state index contributed by atoms with van der Waals surface area (Å²) in [6.45, 7) is 8.11. The van der Waals surface area contributed by atoms with Gasteiger partial charge in [0.25, 0.3) is 0 Å². The van der Waals surface area contributed by atoms with Gasteiger partial charge in [-0.05, 0) is 12.0 Å². The number of hydrogen-bond donors (Lipinski definition) is 0. The fourth-order valence-electron chi connectivity index (χ4n) is 2.63. The molecule has 0 aliphatic carbocycles. The van der Waals surface area contributed by atoms with Gasteiger partial charge in [-0.2, -0.15) is 5.06 Å². The van der Waals surface area contributed by atoms with Crippen molar-refractivity contribution < 1.29 is 9.63 Å². The molecule has 2 amide bonds. The first kappa shape index (κ1) is 12.0. The van der Waals surface area contributed by atoms with E-state index in [9.17, 15) is 4.79 Å². The fourth-order valence-corrected chi connectivity index (χ4v) is 2.63. The largest absolute Gasteiger partial charge is 0.350 e. The second kappa shape index (κ2) is 4.90. The normalized spacial score (nSPS) is 25.5. The number of fused-ring (bicyclic) bond motifs is 2. The summed E-state index contributed by atoms with van der Waals surface area (Å²) in [5.41, 5.74) is 1.04. The van der Waals surface area contributed by atoms with Crippen LogP contribution >= 0.6 is 0 Å². The fraction of sp³-hybridized carbons (Fsp3) is 0.429. The monoisotopic (exact) mass is 257 g/mol. The number of rotatable bonds is 3. The SMILES string of the molecule is [C-]#[N+][C@@H]1CC[C@@H]2CN1C(=O)N2OCc1ccccc1. The average molecular weight is 257 g/mol. The van der Waals surface area contributed by atoms with Crippen LogP contribution in [0.25, 0.3) is 4.85 Å². The average Bonchev–Trinajstić information content (AvgIpc) is 2.71. The maximum absolute atomic E-state index is 12.2. The highest BCUT2D eigenvalue weighted by molar-refractivity contribution is 5.77. The van der Waals surface area contributed by atoms with Crippen molar-refractivity contribution in [2.24, 2.45) is 0 Å². The molecule has 0 radical (unpaired) electrons. The lowest BCUT2D eigenvalue weighted by molar-refractivity contribution is -0.140. The third-order valence-electron chi connectivity index (χ3n) is 3.65. The molecule has 5 heteroatoms. The van der Waals surface area contributed by atoms with Crippen LogP contribution in [-0.4, -0.2) is 34.7 Å². The van der Waals surface area contributed by atoms with E-state index in [4.69, 9.17) is 11.4 Å². The maximum atomic E-state index is 12.2. The van der Waals surface area contributed by atoms with Crippen molar-refractivity contribution in [3.8, 4) is 0 Å². The van der Waals surface area contributed by atoms with Crippen LogP contribution in [0.4, 0.5) is 4.79 Å². The van der Waals surface area contributed by atoms with Crippen LogP contribution in [-0.2, 0) is 11.4 Å². The second-order valence-electron chi connectivity index (χ2n) is 4.86. The molecule has 98 valence electrons. The van der Waals surface area contributed by atoms with E-state index in [1.54, 1.807) is 4.90 Å². The van der Waals surface area contributed by atoms with E-state index in [1.165, 1.54) is 5.06 Å². The van der Waals surface area contributed by atoms with Crippen LogP contribution in [0, 0.1) is 6.57 Å². The van der Waals surface area contributed by atoms with Gasteiger partial charge in [-0.25, -0.2) is 11.4 Å². The summed E-state index contributed by atoms with van der Waals surface area (Å²) >= 11 is 0. The molecular formula is C14H15N3O2. The summed E-state index contributed by atoms with van der Waals surface area (Å²) in [6, 6.07) is 9.70. The lowest BCUT2D eigenvalue weighted by Crippen LogP contribution is -2.37. The first-order valence-corrected chi connectivity index (χ1v) is 6.43. The number of carbonyl (C=O) groups excluding carboxylic acids is 1. The molecule has 5 nitrogen and oxygen atoms in total. The minimum absolute atomic E-state index is 0.0919. The molecule has 2 fully saturated rings. The van der Waals surface area contributed by atoms with Crippen LogP contribution in [0.3, 0.4) is 0 Å². The quantitative estimate of drug-likeness (QED) is 0.779. The summed E-state index contributed by atoms with van der Waals surface area (Å²) in [5.74, 6) is 0. The molecule has 0 spiro atoms. The van der Waals surface area contributed by atoms with Gasteiger partial charge >= 0.3 is 12.2 Å². The molecule has 1 aromatic carbocycles. The zero-order valence-corrected chi connectivity index (χ0v) is 10.5. The molecule has 2 atom stereocenters. The van der Waals surface area contributed by atoms with Gasteiger partial charge in [0, 0.05) is 6.42 Å². The number of urea groups is 1. The van der Waals surface area contributed by atoms with E-state index in [0.29, 0.717) is 13.2 Å². The lowest BCUT2D eigenvalue weighted by Gasteiger charge is -2.22. The second-order valence-corrected chi connectivity index (χ2v) is 4.86. The van der Waals surface area contributed by atoms with E-state index in [1.807, 2.05) is 30.3 Å². The Morgan fingerprint density at radius 3 is 2.84 bits per heavy atom. The van der Waals surface area contributed by atoms with Gasteiger partial charge in [0.05, 0.1) is 12.6 Å². The van der Waals surface area contributed by atoms with Crippen molar-refractivity contribution in [3.63, 3.8) is 0 Å². The number of amides is 2. The summed E-state index contributed by atoms with van der Waals surface area (Å²) in [4.78, 5) is 22.9. The molecular weight excluding hydrogens is 242 g/mol. The summed E-state index contributed by atoms with van der Waals surface area (Å²) < 4.78 is 0. The predicted molar refractivity (Wildman–Crippen MR) is 68.6 cm³/mol. The molecule has 1 aromatic rings. The Labute approximate surface area is 112 Å². The third-order valence-corrected chi connectivity index (χ3v) is 3.65. The Kier molecular flexibility index (Phi) is 3.10. The highest BCUT2D eigenvalue weighted by atomic mass is 16.7. The van der Waals surface area contributed by atoms with Crippen molar-refractivity contribution in [3.05, 3.63) is 47.3 Å². The molecule has 2 aliphatic rings. The molecule has 0 saturated carbocycles. The highest BCUT2D eigenvalue weighted by Crippen LogP contribution is 2.30. The molecule has 2 bridgehead atoms. The maximum Gasteiger partial charge on any atom is 0.350 e. The minimum Gasteiger partial charge on any atom is -0.290 e. The number of hydroxylamine groups is 2. The van der Waals surface area contributed by atoms with E-state index < -0.39 is 0 Å². The molecule has 2 aliphatic heterocycles. The molecule has 0 aromatic heterocycles. The van der Waals surface area contributed by atoms with Gasteiger partial charge in [-0.1, -0.05) is 30.3 Å². The summed E-state index contributed by atoms with van der Waals surface area (Å²) in [7, 11) is 0. The van der Waals surface area contributed by atoms with E-state index in [2.05, 4.69) is 4.85 Å². The summed E-state index contributed by atoms with van der Waals surface area (Å²) in [5, 5.41) is 1.46. The first-order chi connectivity index (χ1) is 9.29. The van der Waals surface area contributed by atoms with E-state index in [-0.39, 0.29) is 18.2 Å². The van der Waals surface area contributed by atoms with Gasteiger partial charge in [-0.3, -0.25) is 14.6 Å². The Balaban J connectivity index is 1.66. The van der Waals surface area contributed by atoms with Crippen molar-refractivity contribution >= 4 is 6.03 Å². The van der Waals surface area contributed by atoms with Gasteiger partial charge in [0.15, 0.2) is 0 Å². The van der Waals surface area contributed by atoms with Crippen molar-refractivity contribution in [1.29, 1.82) is 0 Å². The van der Waals surface area contributed by atoms with Gasteiger partial charge < -0.3 is 0 Å². The predicted octanol–water partition coefficient (Wildman–Crippen LogP) is 2.26. The molecule has 19 heavy (non-hydrogen) atoms. The lowest BCUT2D eigenvalue weighted by atomic mass is 10.1. The van der Waals surface area contributed by atoms with Crippen molar-refractivity contribution in [1.82, 2.24) is 9.96 Å². The first-order valence-electron chi connectivity index (χ1n) is 6.43. The molecule has 2 heterocycles. The van der Waals surface area contributed by atoms with Crippen LogP contribution in [0.5, 0.6) is 0 Å². The zero-order valence-electron chi connectivity index (χ0n) is 10.5. The Hall–Kier alpha value is -2.06. The number of benzene rings is 1. The van der Waals surface area contributed by atoms with Crippen molar-refractivity contribution in [2.75, 3.05) is 6.54 Å². The van der Waals surface area contributed by atoms with Gasteiger partial charge in [-0.15, -0.1) is 0 Å². The Bertz CT molecular complexity index is 511. The topological polar surface area (TPSA) is 37.1 Å². The number of piperidine rings is 1. The molecule has 0 N–H and O–H groups in total. The minimum atomic E-state index is -0.311. The number of nitrogens with zero attached hydrogens (tertiary/aromatic N) is 3. The van der Waals surface area contributed by atoms with E-state index >= 15 is 0 Å². The molecule has 2 saturated heterocycles. The number of hydrogen-bond acceptors (Lipinski definition) is 2. The smallest absolute Gasteiger partial charge is 0.290 e. The van der Waals surface area contributed by atoms with Crippen LogP contribution in [0.1, 0.15) is 18.4 Å². The van der Waals surface area contributed by atoms with Gasteiger partial charge in [0.2, 0.25) is 0 Å².